The van der Waals surface area contributed by atoms with Gasteiger partial charge in [0.1, 0.15) is 0 Å². The zero-order chi connectivity index (χ0) is 11.2. The van der Waals surface area contributed by atoms with Crippen molar-refractivity contribution in [2.75, 3.05) is 19.8 Å². The van der Waals surface area contributed by atoms with Gasteiger partial charge in [0.2, 0.25) is 0 Å². The van der Waals surface area contributed by atoms with Crippen LogP contribution in [-0.4, -0.2) is 29.6 Å². The van der Waals surface area contributed by atoms with Crippen LogP contribution < -0.4 is 0 Å². The standard InChI is InChI=1S/C12H28O2Si/c1-3-5-6-7-8-9-12-15-14-11-10-13-4-2/h3-12,15H2,1-2H3. The minimum atomic E-state index is -0.236. The van der Waals surface area contributed by atoms with Gasteiger partial charge >= 0.3 is 0 Å². The Hall–Kier alpha value is 0.137. The van der Waals surface area contributed by atoms with Gasteiger partial charge in [0.25, 0.3) is 0 Å². The van der Waals surface area contributed by atoms with Crippen molar-refractivity contribution < 1.29 is 9.16 Å². The third kappa shape index (κ3) is 14.1. The lowest BCUT2D eigenvalue weighted by molar-refractivity contribution is 0.112. The first kappa shape index (κ1) is 15.1. The van der Waals surface area contributed by atoms with Crippen LogP contribution in [0.15, 0.2) is 0 Å². The highest BCUT2D eigenvalue weighted by Crippen LogP contribution is 2.06. The lowest BCUT2D eigenvalue weighted by Crippen LogP contribution is -2.06. The summed E-state index contributed by atoms with van der Waals surface area (Å²) in [5, 5.41) is 0. The lowest BCUT2D eigenvalue weighted by atomic mass is 10.1. The molecule has 3 heteroatoms. The SMILES string of the molecule is CCCCCCCC[SiH2]OCCOCC. The van der Waals surface area contributed by atoms with E-state index < -0.39 is 0 Å². The molecule has 0 rings (SSSR count). The minimum absolute atomic E-state index is 0.236. The second kappa shape index (κ2) is 14.1. The molecular formula is C12H28O2Si. The summed E-state index contributed by atoms with van der Waals surface area (Å²) in [6.45, 7) is 6.69. The first-order valence-electron chi connectivity index (χ1n) is 6.57. The van der Waals surface area contributed by atoms with Gasteiger partial charge in [-0.3, -0.25) is 0 Å². The van der Waals surface area contributed by atoms with Crippen LogP contribution in [0.4, 0.5) is 0 Å². The highest BCUT2D eigenvalue weighted by atomic mass is 28.2. The quantitative estimate of drug-likeness (QED) is 0.380. The van der Waals surface area contributed by atoms with E-state index in [1.165, 1.54) is 44.6 Å². The lowest BCUT2D eigenvalue weighted by Gasteiger charge is -2.04. The fourth-order valence-electron chi connectivity index (χ4n) is 1.53. The predicted octanol–water partition coefficient (Wildman–Crippen LogP) is 2.90. The summed E-state index contributed by atoms with van der Waals surface area (Å²) >= 11 is 0. The van der Waals surface area contributed by atoms with Gasteiger partial charge in [-0.15, -0.1) is 0 Å². The number of hydrogen-bond donors (Lipinski definition) is 0. The number of unbranched alkanes of at least 4 members (excludes halogenated alkanes) is 5. The molecule has 0 N–H and O–H groups in total. The molecule has 0 fully saturated rings. The Balaban J connectivity index is 2.81. The molecule has 0 heterocycles. The molecule has 0 aromatic carbocycles. The van der Waals surface area contributed by atoms with Gasteiger partial charge in [-0.1, -0.05) is 45.4 Å². The van der Waals surface area contributed by atoms with E-state index >= 15 is 0 Å². The molecule has 92 valence electrons. The van der Waals surface area contributed by atoms with Gasteiger partial charge in [-0.2, -0.15) is 0 Å². The molecule has 0 saturated heterocycles. The normalized spacial score (nSPS) is 11.6. The summed E-state index contributed by atoms with van der Waals surface area (Å²) in [6, 6.07) is 1.35. The number of hydrogen-bond acceptors (Lipinski definition) is 2. The van der Waals surface area contributed by atoms with Gasteiger partial charge in [-0.25, -0.2) is 0 Å². The highest BCUT2D eigenvalue weighted by molar-refractivity contribution is 6.26. The Morgan fingerprint density at radius 3 is 2.33 bits per heavy atom. The number of ether oxygens (including phenoxy) is 1. The van der Waals surface area contributed by atoms with E-state index in [-0.39, 0.29) is 9.76 Å². The van der Waals surface area contributed by atoms with Gasteiger partial charge in [0, 0.05) is 6.61 Å². The average molecular weight is 232 g/mol. The van der Waals surface area contributed by atoms with E-state index in [2.05, 4.69) is 6.92 Å². The highest BCUT2D eigenvalue weighted by Gasteiger charge is 1.92. The van der Waals surface area contributed by atoms with Crippen LogP contribution in [0, 0.1) is 0 Å². The van der Waals surface area contributed by atoms with Crippen LogP contribution in [-0.2, 0) is 9.16 Å². The third-order valence-corrected chi connectivity index (χ3v) is 3.83. The number of rotatable bonds is 12. The molecule has 0 amide bonds. The maximum Gasteiger partial charge on any atom is 0.161 e. The topological polar surface area (TPSA) is 18.5 Å². The molecule has 0 aliphatic rings. The molecular weight excluding hydrogens is 204 g/mol. The third-order valence-electron chi connectivity index (χ3n) is 2.47. The first-order valence-corrected chi connectivity index (χ1v) is 8.15. The first-order chi connectivity index (χ1) is 7.41. The van der Waals surface area contributed by atoms with E-state index in [9.17, 15) is 0 Å². The van der Waals surface area contributed by atoms with Crippen molar-refractivity contribution in [3.63, 3.8) is 0 Å². The van der Waals surface area contributed by atoms with Crippen molar-refractivity contribution in [2.24, 2.45) is 0 Å². The molecule has 0 unspecified atom stereocenters. The second-order valence-corrected chi connectivity index (χ2v) is 5.45. The van der Waals surface area contributed by atoms with Crippen LogP contribution in [0.25, 0.3) is 0 Å². The van der Waals surface area contributed by atoms with E-state index in [0.29, 0.717) is 0 Å². The van der Waals surface area contributed by atoms with Crippen molar-refractivity contribution >= 4 is 9.76 Å². The van der Waals surface area contributed by atoms with Crippen molar-refractivity contribution in [2.45, 2.75) is 58.4 Å². The van der Waals surface area contributed by atoms with Crippen LogP contribution in [0.1, 0.15) is 52.4 Å². The van der Waals surface area contributed by atoms with Crippen LogP contribution in [0.2, 0.25) is 6.04 Å². The summed E-state index contributed by atoms with van der Waals surface area (Å²) in [4.78, 5) is 0. The average Bonchev–Trinajstić information content (AvgIpc) is 2.26. The van der Waals surface area contributed by atoms with Gasteiger partial charge in [0.05, 0.1) is 13.2 Å². The Morgan fingerprint density at radius 1 is 0.867 bits per heavy atom. The van der Waals surface area contributed by atoms with Crippen LogP contribution in [0.5, 0.6) is 0 Å². The predicted molar refractivity (Wildman–Crippen MR) is 69.2 cm³/mol. The Kier molecular flexibility index (Phi) is 14.3. The summed E-state index contributed by atoms with van der Waals surface area (Å²) in [5.74, 6) is 0. The Bertz CT molecular complexity index is 97.8. The fraction of sp³-hybridized carbons (Fsp3) is 1.00. The summed E-state index contributed by atoms with van der Waals surface area (Å²) in [6.07, 6.45) is 8.37. The van der Waals surface area contributed by atoms with E-state index in [0.717, 1.165) is 19.8 Å². The zero-order valence-electron chi connectivity index (χ0n) is 10.6. The molecule has 0 aromatic heterocycles. The van der Waals surface area contributed by atoms with Gasteiger partial charge in [0.15, 0.2) is 9.76 Å². The summed E-state index contributed by atoms with van der Waals surface area (Å²) < 4.78 is 10.8. The monoisotopic (exact) mass is 232 g/mol. The maximum atomic E-state index is 5.58. The molecule has 0 radical (unpaired) electrons. The van der Waals surface area contributed by atoms with Gasteiger partial charge in [-0.05, 0) is 13.0 Å². The summed E-state index contributed by atoms with van der Waals surface area (Å²) in [5.41, 5.74) is 0. The molecule has 0 spiro atoms. The molecule has 0 aliphatic carbocycles. The minimum Gasteiger partial charge on any atom is -0.422 e. The van der Waals surface area contributed by atoms with E-state index in [4.69, 9.17) is 9.16 Å². The van der Waals surface area contributed by atoms with Crippen molar-refractivity contribution in [3.8, 4) is 0 Å². The molecule has 0 atom stereocenters. The van der Waals surface area contributed by atoms with Crippen LogP contribution >= 0.6 is 0 Å². The van der Waals surface area contributed by atoms with Crippen molar-refractivity contribution in [3.05, 3.63) is 0 Å². The smallest absolute Gasteiger partial charge is 0.161 e. The molecule has 0 saturated carbocycles. The summed E-state index contributed by atoms with van der Waals surface area (Å²) in [7, 11) is -0.236. The van der Waals surface area contributed by atoms with E-state index in [1.54, 1.807) is 0 Å². The van der Waals surface area contributed by atoms with Gasteiger partial charge < -0.3 is 9.16 Å². The zero-order valence-corrected chi connectivity index (χ0v) is 12.0. The van der Waals surface area contributed by atoms with Crippen LogP contribution in [0.3, 0.4) is 0 Å². The Labute approximate surface area is 97.7 Å². The molecule has 15 heavy (non-hydrogen) atoms. The van der Waals surface area contributed by atoms with Crippen molar-refractivity contribution in [1.82, 2.24) is 0 Å². The second-order valence-electron chi connectivity index (χ2n) is 3.93. The molecule has 0 bridgehead atoms. The molecule has 0 aliphatic heterocycles. The maximum absolute atomic E-state index is 5.58. The molecule has 2 nitrogen and oxygen atoms in total. The largest absolute Gasteiger partial charge is 0.422 e. The van der Waals surface area contributed by atoms with E-state index in [1.807, 2.05) is 6.92 Å². The molecule has 0 aromatic rings. The fourth-order valence-corrected chi connectivity index (χ4v) is 2.61. The Morgan fingerprint density at radius 2 is 1.60 bits per heavy atom. The van der Waals surface area contributed by atoms with Crippen molar-refractivity contribution in [1.29, 1.82) is 0 Å².